The molecular weight excluding hydrogens is 506 g/mol. The maximum Gasteiger partial charge on any atom is 0.411 e. The van der Waals surface area contributed by atoms with Gasteiger partial charge in [-0.3, -0.25) is 20.3 Å². The largest absolute Gasteiger partial charge is 0.507 e. The number of aromatic hydroxyl groups is 1. The van der Waals surface area contributed by atoms with Gasteiger partial charge in [0.15, 0.2) is 6.29 Å². The molecule has 0 bridgehead atoms. The summed E-state index contributed by atoms with van der Waals surface area (Å²) >= 11 is 0. The molecule has 0 atom stereocenters. The number of methoxy groups -OCH3 is 1. The Balaban J connectivity index is 0.000000344. The monoisotopic (exact) mass is 531 g/mol. The Morgan fingerprint density at radius 1 is 1.03 bits per heavy atom. The van der Waals surface area contributed by atoms with E-state index in [1.54, 1.807) is 43.4 Å². The molecule has 0 heterocycles. The van der Waals surface area contributed by atoms with Crippen LogP contribution in [0.3, 0.4) is 0 Å². The third-order valence-electron chi connectivity index (χ3n) is 5.11. The number of benzene rings is 3. The van der Waals surface area contributed by atoms with E-state index in [2.05, 4.69) is 20.7 Å². The van der Waals surface area contributed by atoms with Gasteiger partial charge in [-0.2, -0.15) is 5.26 Å². The first-order valence-corrected chi connectivity index (χ1v) is 11.1. The SMILES string of the molecule is CNc1ccc(C#N)cc1C(=O)O.COC(=O)Nc1cc(O)c(C(=N)C=O)cc1-c1cccc(NC(C)=O)c1. The van der Waals surface area contributed by atoms with Crippen LogP contribution in [-0.4, -0.2) is 54.3 Å². The zero-order chi connectivity index (χ0) is 29.1. The smallest absolute Gasteiger partial charge is 0.411 e. The summed E-state index contributed by atoms with van der Waals surface area (Å²) in [4.78, 5) is 44.5. The van der Waals surface area contributed by atoms with Gasteiger partial charge in [-0.1, -0.05) is 12.1 Å². The molecule has 200 valence electrons. The van der Waals surface area contributed by atoms with Gasteiger partial charge in [0.25, 0.3) is 0 Å². The highest BCUT2D eigenvalue weighted by molar-refractivity contribution is 6.35. The number of aromatic carboxylic acids is 1. The van der Waals surface area contributed by atoms with Crippen molar-refractivity contribution < 1.29 is 34.1 Å². The van der Waals surface area contributed by atoms with Crippen LogP contribution in [0, 0.1) is 16.7 Å². The topological polar surface area (TPSA) is 202 Å². The molecule has 0 radical (unpaired) electrons. The van der Waals surface area contributed by atoms with Crippen molar-refractivity contribution in [2.45, 2.75) is 6.92 Å². The molecule has 3 aromatic carbocycles. The Labute approximate surface area is 223 Å². The Morgan fingerprint density at radius 3 is 2.31 bits per heavy atom. The lowest BCUT2D eigenvalue weighted by molar-refractivity contribution is -0.114. The van der Waals surface area contributed by atoms with Crippen LogP contribution in [0.4, 0.5) is 21.9 Å². The molecule has 0 aliphatic rings. The fraction of sp³-hybridized carbons (Fsp3) is 0.111. The first kappa shape index (κ1) is 29.5. The number of nitrogens with zero attached hydrogens (tertiary/aromatic N) is 1. The average molecular weight is 532 g/mol. The van der Waals surface area contributed by atoms with Gasteiger partial charge >= 0.3 is 12.1 Å². The summed E-state index contributed by atoms with van der Waals surface area (Å²) in [6, 6.07) is 15.8. The second kappa shape index (κ2) is 13.6. The fourth-order valence-electron chi connectivity index (χ4n) is 3.35. The molecule has 3 rings (SSSR count). The Hall–Kier alpha value is -5.70. The maximum absolute atomic E-state index is 11.6. The lowest BCUT2D eigenvalue weighted by Gasteiger charge is -2.15. The predicted octanol–water partition coefficient (Wildman–Crippen LogP) is 4.06. The number of anilines is 3. The summed E-state index contributed by atoms with van der Waals surface area (Å²) in [5, 5.41) is 42.9. The van der Waals surface area contributed by atoms with Crippen molar-refractivity contribution in [3.63, 3.8) is 0 Å². The molecule has 0 unspecified atom stereocenters. The van der Waals surface area contributed by atoms with Gasteiger partial charge in [-0.25, -0.2) is 9.59 Å². The molecule has 0 aromatic heterocycles. The second-order valence-corrected chi connectivity index (χ2v) is 7.75. The van der Waals surface area contributed by atoms with Crippen LogP contribution in [0.5, 0.6) is 5.75 Å². The minimum absolute atomic E-state index is 0.00958. The molecule has 2 amide bonds. The molecule has 0 aliphatic heterocycles. The number of phenols is 1. The van der Waals surface area contributed by atoms with Crippen LogP contribution in [0.15, 0.2) is 54.6 Å². The van der Waals surface area contributed by atoms with Crippen LogP contribution < -0.4 is 16.0 Å². The van der Waals surface area contributed by atoms with Gasteiger partial charge in [-0.05, 0) is 42.0 Å². The number of phenolic OH excluding ortho intramolecular Hbond substituents is 1. The van der Waals surface area contributed by atoms with Crippen LogP contribution in [0.2, 0.25) is 0 Å². The highest BCUT2D eigenvalue weighted by Gasteiger charge is 2.16. The fourth-order valence-corrected chi connectivity index (χ4v) is 3.35. The Kier molecular flexibility index (Phi) is 10.3. The van der Waals surface area contributed by atoms with E-state index >= 15 is 0 Å². The number of carboxylic acids is 1. The summed E-state index contributed by atoms with van der Waals surface area (Å²) in [7, 11) is 2.83. The molecule has 0 aliphatic carbocycles. The van der Waals surface area contributed by atoms with Crippen LogP contribution in [-0.2, 0) is 14.3 Å². The molecule has 0 saturated heterocycles. The second-order valence-electron chi connectivity index (χ2n) is 7.75. The number of rotatable bonds is 7. The van der Waals surface area contributed by atoms with Gasteiger partial charge in [0.1, 0.15) is 11.5 Å². The summed E-state index contributed by atoms with van der Waals surface area (Å²) in [5.41, 5.74) is 2.33. The quantitative estimate of drug-likeness (QED) is 0.192. The molecule has 0 fully saturated rings. The van der Waals surface area contributed by atoms with Gasteiger partial charge < -0.3 is 25.6 Å². The molecule has 39 heavy (non-hydrogen) atoms. The number of carbonyl (C=O) groups is 4. The number of ether oxygens (including phenoxy) is 1. The predicted molar refractivity (Wildman–Crippen MR) is 144 cm³/mol. The van der Waals surface area contributed by atoms with E-state index in [0.717, 1.165) is 0 Å². The van der Waals surface area contributed by atoms with E-state index in [-0.39, 0.29) is 28.5 Å². The van der Waals surface area contributed by atoms with Crippen molar-refractivity contribution in [1.82, 2.24) is 0 Å². The van der Waals surface area contributed by atoms with Crippen molar-refractivity contribution in [3.8, 4) is 22.9 Å². The van der Waals surface area contributed by atoms with Crippen molar-refractivity contribution in [2.24, 2.45) is 0 Å². The van der Waals surface area contributed by atoms with Crippen LogP contribution >= 0.6 is 0 Å². The van der Waals surface area contributed by atoms with Crippen LogP contribution in [0.1, 0.15) is 28.4 Å². The standard InChI is InChI=1S/C18H17N3O5.C9H8N2O2/c1-10(23)20-12-5-3-4-11(6-12)13-7-14(15(19)9-22)17(24)8-16(13)21-18(25)26-2;1-11-8-3-2-6(5-10)4-7(8)9(12)13/h3-9,19,24H,1-2H3,(H,20,23)(H,21,25);2-4,11H,1H3,(H,12,13). The lowest BCUT2D eigenvalue weighted by atomic mass is 9.97. The number of nitriles is 1. The number of amides is 2. The summed E-state index contributed by atoms with van der Waals surface area (Å²) in [5.74, 6) is -1.62. The van der Waals surface area contributed by atoms with E-state index in [1.807, 2.05) is 6.07 Å². The molecule has 12 nitrogen and oxygen atoms in total. The third-order valence-corrected chi connectivity index (χ3v) is 5.11. The van der Waals surface area contributed by atoms with Crippen LogP contribution in [0.25, 0.3) is 11.1 Å². The van der Waals surface area contributed by atoms with Gasteiger partial charge in [0, 0.05) is 42.5 Å². The molecular formula is C27H25N5O7. The number of carbonyl (C=O) groups excluding carboxylic acids is 3. The average Bonchev–Trinajstić information content (AvgIpc) is 2.92. The van der Waals surface area contributed by atoms with Gasteiger partial charge in [0.05, 0.1) is 30.0 Å². The minimum atomic E-state index is -1.04. The number of hydrogen-bond donors (Lipinski definition) is 6. The van der Waals surface area contributed by atoms with Crippen molar-refractivity contribution in [3.05, 3.63) is 71.3 Å². The molecule has 0 spiro atoms. The summed E-state index contributed by atoms with van der Waals surface area (Å²) in [6.07, 6.45) is -0.443. The highest BCUT2D eigenvalue weighted by Crippen LogP contribution is 2.35. The van der Waals surface area contributed by atoms with E-state index in [0.29, 0.717) is 34.4 Å². The molecule has 0 saturated carbocycles. The lowest BCUT2D eigenvalue weighted by Crippen LogP contribution is -2.12. The summed E-state index contributed by atoms with van der Waals surface area (Å²) < 4.78 is 4.57. The number of nitrogens with one attached hydrogen (secondary N) is 4. The van der Waals surface area contributed by atoms with E-state index in [4.69, 9.17) is 15.8 Å². The minimum Gasteiger partial charge on any atom is -0.507 e. The van der Waals surface area contributed by atoms with Crippen molar-refractivity contribution >= 4 is 47.0 Å². The van der Waals surface area contributed by atoms with Gasteiger partial charge in [0.2, 0.25) is 5.91 Å². The first-order chi connectivity index (χ1) is 18.5. The molecule has 3 aromatic rings. The summed E-state index contributed by atoms with van der Waals surface area (Å²) in [6.45, 7) is 1.38. The number of aldehydes is 1. The highest BCUT2D eigenvalue weighted by atomic mass is 16.5. The Morgan fingerprint density at radius 2 is 1.74 bits per heavy atom. The Bertz CT molecular complexity index is 1480. The number of hydrogen-bond acceptors (Lipinski definition) is 9. The molecule has 12 heteroatoms. The van der Waals surface area contributed by atoms with E-state index in [9.17, 15) is 24.3 Å². The first-order valence-electron chi connectivity index (χ1n) is 11.1. The zero-order valence-electron chi connectivity index (χ0n) is 21.2. The maximum atomic E-state index is 11.6. The third kappa shape index (κ3) is 7.89. The van der Waals surface area contributed by atoms with Gasteiger partial charge in [-0.15, -0.1) is 0 Å². The normalized spacial score (nSPS) is 9.59. The van der Waals surface area contributed by atoms with E-state index in [1.165, 1.54) is 32.2 Å². The number of carboxylic acid groups (broad SMARTS) is 1. The zero-order valence-corrected chi connectivity index (χ0v) is 21.2. The van der Waals surface area contributed by atoms with E-state index < -0.39 is 17.8 Å². The van der Waals surface area contributed by atoms with Crippen molar-refractivity contribution in [1.29, 1.82) is 10.7 Å². The van der Waals surface area contributed by atoms with Crippen molar-refractivity contribution in [2.75, 3.05) is 30.1 Å². The molecule has 6 N–H and O–H groups in total.